The molecule has 2 aromatic rings. The van der Waals surface area contributed by atoms with Gasteiger partial charge in [0.25, 0.3) is 0 Å². The Morgan fingerprint density at radius 2 is 2.13 bits per heavy atom. The minimum atomic E-state index is 0.572. The van der Waals surface area contributed by atoms with Crippen LogP contribution in [0.15, 0.2) is 24.4 Å². The Morgan fingerprint density at radius 1 is 1.27 bits per heavy atom. The van der Waals surface area contributed by atoms with Gasteiger partial charge in [-0.15, -0.1) is 5.10 Å². The molecule has 4 heteroatoms. The van der Waals surface area contributed by atoms with Crippen molar-refractivity contribution in [2.75, 3.05) is 5.32 Å². The highest BCUT2D eigenvalue weighted by Crippen LogP contribution is 2.20. The van der Waals surface area contributed by atoms with E-state index in [0.717, 1.165) is 11.6 Å². The van der Waals surface area contributed by atoms with Gasteiger partial charge < -0.3 is 5.32 Å². The molecule has 15 heavy (non-hydrogen) atoms. The number of aromatic nitrogens is 3. The molecule has 0 saturated heterocycles. The van der Waals surface area contributed by atoms with E-state index >= 15 is 0 Å². The second-order valence-corrected chi connectivity index (χ2v) is 4.06. The number of nitrogens with zero attached hydrogens (tertiary/aromatic N) is 3. The zero-order valence-electron chi connectivity index (χ0n) is 8.56. The van der Waals surface area contributed by atoms with Crippen molar-refractivity contribution in [3.05, 3.63) is 24.4 Å². The maximum atomic E-state index is 4.42. The van der Waals surface area contributed by atoms with E-state index in [9.17, 15) is 0 Å². The summed E-state index contributed by atoms with van der Waals surface area (Å²) in [4.78, 5) is 4.42. The summed E-state index contributed by atoms with van der Waals surface area (Å²) in [5.74, 6) is 0.758. The third kappa shape index (κ3) is 1.67. The van der Waals surface area contributed by atoms with Crippen molar-refractivity contribution >= 4 is 11.6 Å². The molecule has 0 aliphatic heterocycles. The summed E-state index contributed by atoms with van der Waals surface area (Å²) in [6.07, 6.45) is 7.06. The first-order valence-electron chi connectivity index (χ1n) is 5.50. The molecule has 0 amide bonds. The van der Waals surface area contributed by atoms with E-state index in [1.807, 2.05) is 24.4 Å². The number of fused-ring (bicyclic) bond motifs is 1. The average Bonchev–Trinajstić information content (AvgIpc) is 2.86. The van der Waals surface area contributed by atoms with Crippen LogP contribution in [0.2, 0.25) is 0 Å². The Balaban J connectivity index is 1.84. The van der Waals surface area contributed by atoms with Crippen molar-refractivity contribution < 1.29 is 0 Å². The van der Waals surface area contributed by atoms with Crippen LogP contribution < -0.4 is 5.32 Å². The maximum Gasteiger partial charge on any atom is 0.243 e. The molecule has 1 aliphatic carbocycles. The van der Waals surface area contributed by atoms with Gasteiger partial charge in [0.15, 0.2) is 5.65 Å². The lowest BCUT2D eigenvalue weighted by Crippen LogP contribution is -2.15. The van der Waals surface area contributed by atoms with Gasteiger partial charge in [0.05, 0.1) is 0 Å². The highest BCUT2D eigenvalue weighted by atomic mass is 15.3. The molecule has 0 radical (unpaired) electrons. The molecule has 2 aromatic heterocycles. The number of anilines is 1. The largest absolute Gasteiger partial charge is 0.350 e. The van der Waals surface area contributed by atoms with Crippen molar-refractivity contribution in [1.82, 2.24) is 14.6 Å². The van der Waals surface area contributed by atoms with E-state index in [2.05, 4.69) is 15.4 Å². The molecule has 1 fully saturated rings. The van der Waals surface area contributed by atoms with Crippen LogP contribution in [0.1, 0.15) is 25.7 Å². The lowest BCUT2D eigenvalue weighted by atomic mass is 10.3. The fourth-order valence-electron chi connectivity index (χ4n) is 2.15. The molecule has 0 aromatic carbocycles. The summed E-state index contributed by atoms with van der Waals surface area (Å²) < 4.78 is 1.80. The van der Waals surface area contributed by atoms with Crippen molar-refractivity contribution in [3.8, 4) is 0 Å². The van der Waals surface area contributed by atoms with E-state index in [0.29, 0.717) is 6.04 Å². The van der Waals surface area contributed by atoms with Gasteiger partial charge in [0.1, 0.15) is 0 Å². The third-order valence-corrected chi connectivity index (χ3v) is 2.93. The topological polar surface area (TPSA) is 42.2 Å². The SMILES string of the molecule is c1ccn2nc(NC3CCCC3)nc2c1. The summed E-state index contributed by atoms with van der Waals surface area (Å²) in [5, 5.41) is 7.76. The van der Waals surface area contributed by atoms with Gasteiger partial charge in [-0.25, -0.2) is 4.52 Å². The van der Waals surface area contributed by atoms with E-state index in [1.165, 1.54) is 25.7 Å². The normalized spacial score (nSPS) is 17.3. The Labute approximate surface area is 88.3 Å². The minimum absolute atomic E-state index is 0.572. The Morgan fingerprint density at radius 3 is 2.93 bits per heavy atom. The first-order valence-corrected chi connectivity index (χ1v) is 5.50. The Bertz CT molecular complexity index is 423. The van der Waals surface area contributed by atoms with E-state index < -0.39 is 0 Å². The molecule has 1 aliphatic rings. The standard InChI is InChI=1S/C11H14N4/c1-2-6-9(5-1)12-11-13-10-7-3-4-8-15(10)14-11/h3-4,7-9H,1-2,5-6H2,(H,12,14). The molecule has 0 spiro atoms. The third-order valence-electron chi connectivity index (χ3n) is 2.93. The number of hydrogen-bond acceptors (Lipinski definition) is 3. The van der Waals surface area contributed by atoms with Crippen molar-refractivity contribution in [1.29, 1.82) is 0 Å². The van der Waals surface area contributed by atoms with E-state index in [1.54, 1.807) is 4.52 Å². The van der Waals surface area contributed by atoms with Crippen LogP contribution in [0.25, 0.3) is 5.65 Å². The lowest BCUT2D eigenvalue weighted by Gasteiger charge is -2.08. The van der Waals surface area contributed by atoms with Crippen LogP contribution in [0.3, 0.4) is 0 Å². The summed E-state index contributed by atoms with van der Waals surface area (Å²) in [7, 11) is 0. The summed E-state index contributed by atoms with van der Waals surface area (Å²) in [5.41, 5.74) is 0.901. The van der Waals surface area contributed by atoms with Gasteiger partial charge >= 0.3 is 0 Å². The minimum Gasteiger partial charge on any atom is -0.350 e. The molecule has 1 N–H and O–H groups in total. The number of pyridine rings is 1. The molecule has 2 heterocycles. The molecule has 0 bridgehead atoms. The number of hydrogen-bond donors (Lipinski definition) is 1. The van der Waals surface area contributed by atoms with Crippen molar-refractivity contribution in [2.45, 2.75) is 31.7 Å². The molecular formula is C11H14N4. The van der Waals surface area contributed by atoms with Crippen molar-refractivity contribution in [2.24, 2.45) is 0 Å². The van der Waals surface area contributed by atoms with Crippen LogP contribution in [-0.4, -0.2) is 20.6 Å². The van der Waals surface area contributed by atoms with Gasteiger partial charge in [-0.05, 0) is 25.0 Å². The second kappa shape index (κ2) is 3.53. The van der Waals surface area contributed by atoms with E-state index in [-0.39, 0.29) is 0 Å². The Kier molecular flexibility index (Phi) is 2.05. The lowest BCUT2D eigenvalue weighted by molar-refractivity contribution is 0.743. The molecule has 0 unspecified atom stereocenters. The molecule has 4 nitrogen and oxygen atoms in total. The van der Waals surface area contributed by atoms with Crippen LogP contribution >= 0.6 is 0 Å². The van der Waals surface area contributed by atoms with Crippen LogP contribution in [0, 0.1) is 0 Å². The monoisotopic (exact) mass is 202 g/mol. The zero-order valence-corrected chi connectivity index (χ0v) is 8.56. The average molecular weight is 202 g/mol. The van der Waals surface area contributed by atoms with Gasteiger partial charge in [0, 0.05) is 12.2 Å². The molecule has 78 valence electrons. The summed E-state index contributed by atoms with van der Waals surface area (Å²) in [6.45, 7) is 0. The molecular weight excluding hydrogens is 188 g/mol. The predicted octanol–water partition coefficient (Wildman–Crippen LogP) is 2.08. The van der Waals surface area contributed by atoms with E-state index in [4.69, 9.17) is 0 Å². The van der Waals surface area contributed by atoms with Crippen LogP contribution in [-0.2, 0) is 0 Å². The number of rotatable bonds is 2. The highest BCUT2D eigenvalue weighted by Gasteiger charge is 2.16. The van der Waals surface area contributed by atoms with Gasteiger partial charge in [-0.1, -0.05) is 18.9 Å². The molecule has 1 saturated carbocycles. The first-order chi connectivity index (χ1) is 7.42. The fourth-order valence-corrected chi connectivity index (χ4v) is 2.15. The predicted molar refractivity (Wildman–Crippen MR) is 58.9 cm³/mol. The maximum absolute atomic E-state index is 4.42. The van der Waals surface area contributed by atoms with Crippen LogP contribution in [0.4, 0.5) is 5.95 Å². The molecule has 0 atom stereocenters. The van der Waals surface area contributed by atoms with Gasteiger partial charge in [-0.3, -0.25) is 0 Å². The Hall–Kier alpha value is -1.58. The zero-order chi connectivity index (χ0) is 10.1. The fraction of sp³-hybridized carbons (Fsp3) is 0.455. The van der Waals surface area contributed by atoms with Gasteiger partial charge in [-0.2, -0.15) is 4.98 Å². The molecule has 3 rings (SSSR count). The van der Waals surface area contributed by atoms with Gasteiger partial charge in [0.2, 0.25) is 5.95 Å². The van der Waals surface area contributed by atoms with Crippen molar-refractivity contribution in [3.63, 3.8) is 0 Å². The summed E-state index contributed by atoms with van der Waals surface area (Å²) >= 11 is 0. The second-order valence-electron chi connectivity index (χ2n) is 4.06. The smallest absolute Gasteiger partial charge is 0.243 e. The number of nitrogens with one attached hydrogen (secondary N) is 1. The highest BCUT2D eigenvalue weighted by molar-refractivity contribution is 5.43. The first kappa shape index (κ1) is 8.71. The summed E-state index contributed by atoms with van der Waals surface area (Å²) in [6, 6.07) is 6.47. The van der Waals surface area contributed by atoms with Crippen LogP contribution in [0.5, 0.6) is 0 Å². The quantitative estimate of drug-likeness (QED) is 0.810.